The topological polar surface area (TPSA) is 93.9 Å². The van der Waals surface area contributed by atoms with Crippen molar-refractivity contribution in [3.05, 3.63) is 41.9 Å². The molecule has 1 aliphatic heterocycles. The van der Waals surface area contributed by atoms with E-state index in [1.54, 1.807) is 0 Å². The van der Waals surface area contributed by atoms with Gasteiger partial charge in [-0.25, -0.2) is 4.98 Å². The van der Waals surface area contributed by atoms with Gasteiger partial charge in [-0.3, -0.25) is 4.98 Å². The van der Waals surface area contributed by atoms with Gasteiger partial charge in [0.2, 0.25) is 5.95 Å². The average molecular weight is 397 g/mol. The highest BCUT2D eigenvalue weighted by Crippen LogP contribution is 2.36. The highest BCUT2D eigenvalue weighted by molar-refractivity contribution is 5.85. The summed E-state index contributed by atoms with van der Waals surface area (Å²) in [7, 11) is 0. The molecule has 8 heteroatoms. The molecule has 2 aliphatic rings. The molecule has 0 atom stereocenters. The van der Waals surface area contributed by atoms with Crippen LogP contribution in [0, 0.1) is 0 Å². The van der Waals surface area contributed by atoms with E-state index in [1.807, 2.05) is 12.4 Å². The van der Waals surface area contributed by atoms with Crippen LogP contribution in [-0.4, -0.2) is 34.1 Å². The van der Waals surface area contributed by atoms with Crippen molar-refractivity contribution >= 4 is 36.6 Å². The molecule has 1 saturated heterocycles. The number of nitrogens with two attached hydrogens (primary N) is 2. The number of aromatic nitrogens is 3. The maximum atomic E-state index is 5.95. The molecule has 2 fully saturated rings. The van der Waals surface area contributed by atoms with Gasteiger partial charge in [0, 0.05) is 43.5 Å². The molecule has 1 aliphatic carbocycles. The molecule has 0 radical (unpaired) electrons. The molecule has 0 bridgehead atoms. The Bertz CT molecular complexity index is 700. The van der Waals surface area contributed by atoms with Gasteiger partial charge in [0.05, 0.1) is 5.69 Å². The van der Waals surface area contributed by atoms with Crippen molar-refractivity contribution < 1.29 is 0 Å². The Kier molecular flexibility index (Phi) is 7.03. The molecule has 142 valence electrons. The van der Waals surface area contributed by atoms with E-state index in [9.17, 15) is 0 Å². The van der Waals surface area contributed by atoms with E-state index >= 15 is 0 Å². The Morgan fingerprint density at radius 1 is 0.962 bits per heavy atom. The van der Waals surface area contributed by atoms with Gasteiger partial charge in [-0.2, -0.15) is 4.98 Å². The predicted octanol–water partition coefficient (Wildman–Crippen LogP) is 2.89. The van der Waals surface area contributed by atoms with E-state index in [-0.39, 0.29) is 24.8 Å². The van der Waals surface area contributed by atoms with E-state index in [2.05, 4.69) is 38.1 Å². The van der Waals surface area contributed by atoms with Crippen LogP contribution >= 0.6 is 24.8 Å². The van der Waals surface area contributed by atoms with Crippen molar-refractivity contribution in [1.29, 1.82) is 0 Å². The summed E-state index contributed by atoms with van der Waals surface area (Å²) in [6, 6.07) is 6.67. The lowest BCUT2D eigenvalue weighted by atomic mass is 9.78. The third kappa shape index (κ3) is 4.37. The van der Waals surface area contributed by atoms with Crippen molar-refractivity contribution in [2.45, 2.75) is 43.6 Å². The summed E-state index contributed by atoms with van der Waals surface area (Å²) in [4.78, 5) is 15.3. The van der Waals surface area contributed by atoms with Crippen LogP contribution in [0.5, 0.6) is 0 Å². The molecule has 4 rings (SSSR count). The molecular formula is C18H26Cl2N6. The first-order valence-electron chi connectivity index (χ1n) is 8.74. The first-order chi connectivity index (χ1) is 11.7. The number of rotatable bonds is 3. The summed E-state index contributed by atoms with van der Waals surface area (Å²) in [5.41, 5.74) is 14.3. The molecular weight excluding hydrogens is 371 g/mol. The Morgan fingerprint density at radius 3 is 2.23 bits per heavy atom. The van der Waals surface area contributed by atoms with E-state index in [1.165, 1.54) is 5.56 Å². The SMILES string of the molecule is Cl.Cl.Nc1nc(C2CC(N)C2)cc(N2CCC(c3ccncc3)CC2)n1. The van der Waals surface area contributed by atoms with Crippen LogP contribution in [0.1, 0.15) is 48.8 Å². The molecule has 6 nitrogen and oxygen atoms in total. The highest BCUT2D eigenvalue weighted by atomic mass is 35.5. The van der Waals surface area contributed by atoms with Gasteiger partial charge in [0.25, 0.3) is 0 Å². The maximum absolute atomic E-state index is 5.95. The maximum Gasteiger partial charge on any atom is 0.222 e. The number of anilines is 2. The molecule has 0 spiro atoms. The number of hydrogen-bond donors (Lipinski definition) is 2. The van der Waals surface area contributed by atoms with Crippen LogP contribution in [0.15, 0.2) is 30.6 Å². The van der Waals surface area contributed by atoms with Crippen LogP contribution < -0.4 is 16.4 Å². The lowest BCUT2D eigenvalue weighted by Gasteiger charge is -2.35. The number of nitrogens with zero attached hydrogens (tertiary/aromatic N) is 4. The van der Waals surface area contributed by atoms with Gasteiger partial charge in [0.1, 0.15) is 5.82 Å². The van der Waals surface area contributed by atoms with Gasteiger partial charge >= 0.3 is 0 Å². The van der Waals surface area contributed by atoms with Crippen LogP contribution in [0.4, 0.5) is 11.8 Å². The summed E-state index contributed by atoms with van der Waals surface area (Å²) in [5, 5.41) is 0. The summed E-state index contributed by atoms with van der Waals surface area (Å²) in [6.45, 7) is 1.99. The largest absolute Gasteiger partial charge is 0.368 e. The van der Waals surface area contributed by atoms with Crippen molar-refractivity contribution in [1.82, 2.24) is 15.0 Å². The van der Waals surface area contributed by atoms with Gasteiger partial charge in [0.15, 0.2) is 0 Å². The van der Waals surface area contributed by atoms with Crippen LogP contribution in [0.2, 0.25) is 0 Å². The molecule has 2 aromatic rings. The predicted molar refractivity (Wildman–Crippen MR) is 109 cm³/mol. The lowest BCUT2D eigenvalue weighted by molar-refractivity contribution is 0.345. The fourth-order valence-electron chi connectivity index (χ4n) is 3.82. The van der Waals surface area contributed by atoms with Crippen molar-refractivity contribution in [2.75, 3.05) is 23.7 Å². The van der Waals surface area contributed by atoms with E-state index in [4.69, 9.17) is 11.5 Å². The minimum Gasteiger partial charge on any atom is -0.368 e. The molecule has 0 unspecified atom stereocenters. The molecule has 0 aromatic carbocycles. The fraction of sp³-hybridized carbons (Fsp3) is 0.500. The number of halogens is 2. The number of piperidine rings is 1. The van der Waals surface area contributed by atoms with Gasteiger partial charge in [-0.05, 0) is 49.3 Å². The molecule has 4 N–H and O–H groups in total. The lowest BCUT2D eigenvalue weighted by Crippen LogP contribution is -2.36. The zero-order chi connectivity index (χ0) is 16.5. The van der Waals surface area contributed by atoms with Gasteiger partial charge in [-0.1, -0.05) is 0 Å². The summed E-state index contributed by atoms with van der Waals surface area (Å²) >= 11 is 0. The van der Waals surface area contributed by atoms with Crippen molar-refractivity contribution in [3.8, 4) is 0 Å². The van der Waals surface area contributed by atoms with Crippen LogP contribution in [0.3, 0.4) is 0 Å². The molecule has 26 heavy (non-hydrogen) atoms. The Balaban J connectivity index is 0.00000121. The normalized spacial score (nSPS) is 22.7. The highest BCUT2D eigenvalue weighted by Gasteiger charge is 2.30. The molecule has 1 saturated carbocycles. The monoisotopic (exact) mass is 396 g/mol. The first kappa shape index (κ1) is 20.7. The fourth-order valence-corrected chi connectivity index (χ4v) is 3.82. The van der Waals surface area contributed by atoms with Crippen LogP contribution in [0.25, 0.3) is 0 Å². The van der Waals surface area contributed by atoms with Crippen molar-refractivity contribution in [2.24, 2.45) is 5.73 Å². The quantitative estimate of drug-likeness (QED) is 0.827. The zero-order valence-electron chi connectivity index (χ0n) is 14.6. The Labute approximate surface area is 166 Å². The van der Waals surface area contributed by atoms with E-state index in [0.29, 0.717) is 23.8 Å². The average Bonchev–Trinajstić information content (AvgIpc) is 2.59. The minimum absolute atomic E-state index is 0. The minimum atomic E-state index is 0. The smallest absolute Gasteiger partial charge is 0.222 e. The zero-order valence-corrected chi connectivity index (χ0v) is 16.3. The second kappa shape index (κ2) is 8.84. The van der Waals surface area contributed by atoms with E-state index in [0.717, 1.165) is 50.3 Å². The second-order valence-corrected chi connectivity index (χ2v) is 6.98. The number of pyridine rings is 1. The van der Waals surface area contributed by atoms with Gasteiger partial charge < -0.3 is 16.4 Å². The third-order valence-corrected chi connectivity index (χ3v) is 5.34. The molecule has 3 heterocycles. The Hall–Kier alpha value is -1.63. The number of hydrogen-bond acceptors (Lipinski definition) is 6. The molecule has 0 amide bonds. The second-order valence-electron chi connectivity index (χ2n) is 6.98. The standard InChI is InChI=1S/C18H24N6.2ClH/c19-15-9-14(10-15)16-11-17(23-18(20)22-16)24-7-3-13(4-8-24)12-1-5-21-6-2-12;;/h1-2,5-6,11,13-15H,3-4,7-10,19H2,(H2,20,22,23);2*1H. The van der Waals surface area contributed by atoms with Gasteiger partial charge in [-0.15, -0.1) is 24.8 Å². The van der Waals surface area contributed by atoms with Crippen LogP contribution in [-0.2, 0) is 0 Å². The number of nitrogen functional groups attached to an aromatic ring is 1. The summed E-state index contributed by atoms with van der Waals surface area (Å²) in [6.07, 6.45) is 8.00. The van der Waals surface area contributed by atoms with E-state index < -0.39 is 0 Å². The first-order valence-corrected chi connectivity index (χ1v) is 8.74. The summed E-state index contributed by atoms with van der Waals surface area (Å²) < 4.78 is 0. The molecule has 2 aromatic heterocycles. The third-order valence-electron chi connectivity index (χ3n) is 5.34. The Morgan fingerprint density at radius 2 is 1.62 bits per heavy atom. The summed E-state index contributed by atoms with van der Waals surface area (Å²) in [5.74, 6) is 2.39. The van der Waals surface area contributed by atoms with Crippen molar-refractivity contribution in [3.63, 3.8) is 0 Å².